The number of aliphatic imine (C=N–C) groups is 2. The molecule has 0 aliphatic heterocycles. The second-order valence-electron chi connectivity index (χ2n) is 7.62. The number of amides is 4. The summed E-state index contributed by atoms with van der Waals surface area (Å²) in [6.07, 6.45) is 2.50. The van der Waals surface area contributed by atoms with Gasteiger partial charge in [0, 0.05) is 24.5 Å². The van der Waals surface area contributed by atoms with Gasteiger partial charge in [0.25, 0.3) is 0 Å². The molecule has 2 aromatic rings. The highest BCUT2D eigenvalue weighted by molar-refractivity contribution is 5.85. The molecule has 0 saturated heterocycles. The minimum absolute atomic E-state index is 0.108. The molecule has 0 bridgehead atoms. The first-order valence-electron chi connectivity index (χ1n) is 11.6. The second kappa shape index (κ2) is 17.4. The van der Waals surface area contributed by atoms with Crippen molar-refractivity contribution in [3.05, 3.63) is 59.7 Å². The van der Waals surface area contributed by atoms with Crippen molar-refractivity contribution >= 4 is 41.8 Å². The van der Waals surface area contributed by atoms with Gasteiger partial charge in [0.2, 0.25) is 12.2 Å². The first kappa shape index (κ1) is 29.2. The standard InChI is InChI=1S/C25H28N6O7/c32-17-26-15-19-3-7-21(8-4-19)30-24(35)37-13-1-11-28-23(34)29-12-2-14-38-25(36)31-22-9-5-20(6-10-22)16-27-18-33/h3-10H,1-2,11-16H2,(H,30,35)(H,31,36)(H2,28,29,34). The fourth-order valence-electron chi connectivity index (χ4n) is 2.88. The molecule has 4 N–H and O–H groups in total. The van der Waals surface area contributed by atoms with Crippen LogP contribution in [0.25, 0.3) is 0 Å². The van der Waals surface area contributed by atoms with E-state index >= 15 is 0 Å². The Morgan fingerprint density at radius 1 is 0.658 bits per heavy atom. The molecule has 0 heterocycles. The maximum absolute atomic E-state index is 11.8. The Labute approximate surface area is 218 Å². The molecule has 0 radical (unpaired) electrons. The molecular formula is C25H28N6O7. The quantitative estimate of drug-likeness (QED) is 0.166. The summed E-state index contributed by atoms with van der Waals surface area (Å²) in [6, 6.07) is 13.1. The zero-order chi connectivity index (χ0) is 27.4. The lowest BCUT2D eigenvalue weighted by molar-refractivity contribution is 0.160. The predicted molar refractivity (Wildman–Crippen MR) is 137 cm³/mol. The number of urea groups is 1. The van der Waals surface area contributed by atoms with Crippen LogP contribution >= 0.6 is 0 Å². The van der Waals surface area contributed by atoms with Gasteiger partial charge in [-0.3, -0.25) is 10.6 Å². The van der Waals surface area contributed by atoms with Crippen molar-refractivity contribution in [1.82, 2.24) is 10.6 Å². The smallest absolute Gasteiger partial charge is 0.411 e. The Kier molecular flexibility index (Phi) is 13.4. The van der Waals surface area contributed by atoms with E-state index < -0.39 is 18.2 Å². The fourth-order valence-corrected chi connectivity index (χ4v) is 2.88. The number of isocyanates is 2. The van der Waals surface area contributed by atoms with Gasteiger partial charge in [-0.2, -0.15) is 0 Å². The Morgan fingerprint density at radius 2 is 1.05 bits per heavy atom. The van der Waals surface area contributed by atoms with Crippen LogP contribution in [0.1, 0.15) is 24.0 Å². The molecule has 0 fully saturated rings. The van der Waals surface area contributed by atoms with Gasteiger partial charge in [-0.05, 0) is 48.2 Å². The first-order valence-corrected chi connectivity index (χ1v) is 11.6. The molecule has 13 nitrogen and oxygen atoms in total. The topological polar surface area (TPSA) is 177 Å². The number of hydrogen-bond donors (Lipinski definition) is 4. The van der Waals surface area contributed by atoms with E-state index in [0.29, 0.717) is 37.3 Å². The fraction of sp³-hybridized carbons (Fsp3) is 0.320. The largest absolute Gasteiger partial charge is 0.449 e. The summed E-state index contributed by atoms with van der Waals surface area (Å²) in [5.41, 5.74) is 2.67. The lowest BCUT2D eigenvalue weighted by Crippen LogP contribution is -2.37. The van der Waals surface area contributed by atoms with Gasteiger partial charge in [-0.1, -0.05) is 24.3 Å². The molecule has 4 amide bonds. The number of carbonyl (C=O) groups excluding carboxylic acids is 5. The summed E-state index contributed by atoms with van der Waals surface area (Å²) in [5.74, 6) is 0. The highest BCUT2D eigenvalue weighted by atomic mass is 16.6. The van der Waals surface area contributed by atoms with Crippen molar-refractivity contribution in [1.29, 1.82) is 0 Å². The number of nitrogens with one attached hydrogen (secondary N) is 4. The summed E-state index contributed by atoms with van der Waals surface area (Å²) in [4.78, 5) is 62.6. The molecule has 2 aromatic carbocycles. The average molecular weight is 525 g/mol. The van der Waals surface area contributed by atoms with Crippen LogP contribution in [-0.2, 0) is 32.2 Å². The first-order chi connectivity index (χ1) is 18.5. The zero-order valence-electron chi connectivity index (χ0n) is 20.5. The summed E-state index contributed by atoms with van der Waals surface area (Å²) >= 11 is 0. The van der Waals surface area contributed by atoms with Crippen molar-refractivity contribution in [2.75, 3.05) is 36.9 Å². The molecule has 13 heteroatoms. The van der Waals surface area contributed by atoms with Crippen molar-refractivity contribution in [2.45, 2.75) is 25.9 Å². The van der Waals surface area contributed by atoms with Crippen molar-refractivity contribution in [2.24, 2.45) is 9.98 Å². The highest BCUT2D eigenvalue weighted by Crippen LogP contribution is 2.11. The van der Waals surface area contributed by atoms with Crippen LogP contribution in [0, 0.1) is 0 Å². The highest BCUT2D eigenvalue weighted by Gasteiger charge is 2.06. The van der Waals surface area contributed by atoms with E-state index in [1.165, 1.54) is 12.2 Å². The summed E-state index contributed by atoms with van der Waals surface area (Å²) in [6.45, 7) is 1.25. The van der Waals surface area contributed by atoms with Crippen LogP contribution in [0.15, 0.2) is 58.5 Å². The SMILES string of the molecule is O=C=NCc1ccc(NC(=O)OCCCNC(=O)NCCCOC(=O)Nc2ccc(CN=C=O)cc2)cc1. The van der Waals surface area contributed by atoms with Gasteiger partial charge in [-0.15, -0.1) is 0 Å². The monoisotopic (exact) mass is 524 g/mol. The lowest BCUT2D eigenvalue weighted by Gasteiger charge is -2.10. The summed E-state index contributed by atoms with van der Waals surface area (Å²) in [5, 5.41) is 10.4. The van der Waals surface area contributed by atoms with Gasteiger partial charge in [0.15, 0.2) is 0 Å². The average Bonchev–Trinajstić information content (AvgIpc) is 2.92. The van der Waals surface area contributed by atoms with Crippen LogP contribution in [0.2, 0.25) is 0 Å². The van der Waals surface area contributed by atoms with Crippen LogP contribution in [0.4, 0.5) is 25.8 Å². The molecule has 0 spiro atoms. The molecule has 38 heavy (non-hydrogen) atoms. The van der Waals surface area contributed by atoms with E-state index in [1.54, 1.807) is 48.5 Å². The summed E-state index contributed by atoms with van der Waals surface area (Å²) < 4.78 is 10.1. The van der Waals surface area contributed by atoms with Crippen LogP contribution < -0.4 is 21.3 Å². The van der Waals surface area contributed by atoms with Gasteiger partial charge in [0.1, 0.15) is 0 Å². The number of carbonyl (C=O) groups is 3. The molecule has 0 aromatic heterocycles. The molecule has 2 rings (SSSR count). The summed E-state index contributed by atoms with van der Waals surface area (Å²) in [7, 11) is 0. The number of benzene rings is 2. The number of rotatable bonds is 14. The molecule has 0 aliphatic carbocycles. The van der Waals surface area contributed by atoms with E-state index in [0.717, 1.165) is 11.1 Å². The van der Waals surface area contributed by atoms with Crippen LogP contribution in [0.5, 0.6) is 0 Å². The lowest BCUT2D eigenvalue weighted by atomic mass is 10.2. The normalized spacial score (nSPS) is 9.68. The second-order valence-corrected chi connectivity index (χ2v) is 7.62. The number of hydrogen-bond acceptors (Lipinski definition) is 9. The third-order valence-corrected chi connectivity index (χ3v) is 4.73. The van der Waals surface area contributed by atoms with E-state index in [9.17, 15) is 24.0 Å². The van der Waals surface area contributed by atoms with E-state index in [-0.39, 0.29) is 26.3 Å². The third kappa shape index (κ3) is 12.6. The maximum Gasteiger partial charge on any atom is 0.411 e. The minimum Gasteiger partial charge on any atom is -0.449 e. The van der Waals surface area contributed by atoms with Crippen molar-refractivity contribution in [3.8, 4) is 0 Å². The number of nitrogens with zero attached hydrogens (tertiary/aromatic N) is 2. The zero-order valence-corrected chi connectivity index (χ0v) is 20.5. The van der Waals surface area contributed by atoms with Crippen LogP contribution in [-0.4, -0.2) is 56.7 Å². The van der Waals surface area contributed by atoms with E-state index in [2.05, 4.69) is 31.3 Å². The minimum atomic E-state index is -0.626. The van der Waals surface area contributed by atoms with E-state index in [4.69, 9.17) is 9.47 Å². The molecule has 0 aliphatic rings. The number of ether oxygens (including phenoxy) is 2. The number of anilines is 2. The van der Waals surface area contributed by atoms with Gasteiger partial charge in [0.05, 0.1) is 26.3 Å². The molecule has 0 atom stereocenters. The van der Waals surface area contributed by atoms with Gasteiger partial charge in [-0.25, -0.2) is 34.0 Å². The van der Waals surface area contributed by atoms with Crippen LogP contribution in [0.3, 0.4) is 0 Å². The van der Waals surface area contributed by atoms with E-state index in [1.807, 2.05) is 0 Å². The van der Waals surface area contributed by atoms with Gasteiger partial charge >= 0.3 is 18.2 Å². The Morgan fingerprint density at radius 3 is 1.42 bits per heavy atom. The molecular weight excluding hydrogens is 496 g/mol. The third-order valence-electron chi connectivity index (χ3n) is 4.73. The van der Waals surface area contributed by atoms with Crippen molar-refractivity contribution < 1.29 is 33.4 Å². The van der Waals surface area contributed by atoms with Gasteiger partial charge < -0.3 is 20.1 Å². The Bertz CT molecular complexity index is 1050. The molecule has 0 unspecified atom stereocenters. The van der Waals surface area contributed by atoms with Crippen molar-refractivity contribution in [3.63, 3.8) is 0 Å². The predicted octanol–water partition coefficient (Wildman–Crippen LogP) is 3.23. The molecule has 200 valence electrons. The Hall–Kier alpha value is -4.99. The Balaban J connectivity index is 1.47. The maximum atomic E-state index is 11.8. The molecule has 0 saturated carbocycles.